The molecule has 0 bridgehead atoms. The van der Waals surface area contributed by atoms with Crippen LogP contribution in [0.1, 0.15) is 233 Å². The summed E-state index contributed by atoms with van der Waals surface area (Å²) in [7, 11) is 0. The van der Waals surface area contributed by atoms with Gasteiger partial charge in [0.1, 0.15) is 0 Å². The highest BCUT2D eigenvalue weighted by Crippen LogP contribution is 2.48. The molecule has 0 aliphatic rings. The van der Waals surface area contributed by atoms with Gasteiger partial charge in [0.25, 0.3) is 0 Å². The number of benzene rings is 2. The minimum absolute atomic E-state index is 0.591. The lowest BCUT2D eigenvalue weighted by atomic mass is 9.94. The van der Waals surface area contributed by atoms with E-state index in [1.165, 1.54) is 246 Å². The van der Waals surface area contributed by atoms with Gasteiger partial charge in [0, 0.05) is 20.5 Å². The predicted molar refractivity (Wildman–Crippen MR) is 286 cm³/mol. The maximum absolute atomic E-state index is 7.15. The minimum Gasteiger partial charge on any atom is -0.489 e. The summed E-state index contributed by atoms with van der Waals surface area (Å²) < 4.78 is 17.1. The van der Waals surface area contributed by atoms with Crippen LogP contribution in [0.2, 0.25) is 0 Å². The topological polar surface area (TPSA) is 18.5 Å². The van der Waals surface area contributed by atoms with Crippen molar-refractivity contribution < 1.29 is 9.47 Å². The number of thiophene rings is 3. The Hall–Kier alpha value is -2.08. The molecule has 352 valence electrons. The monoisotopic (exact) mass is 915 g/mol. The molecule has 0 aliphatic carbocycles. The molecule has 3 heterocycles. The van der Waals surface area contributed by atoms with E-state index in [9.17, 15) is 0 Å². The van der Waals surface area contributed by atoms with Crippen molar-refractivity contribution in [3.8, 4) is 21.3 Å². The molecule has 0 spiro atoms. The third-order valence-electron chi connectivity index (χ3n) is 13.8. The zero-order valence-electron chi connectivity index (χ0n) is 40.9. The Kier molecular flexibility index (Phi) is 26.2. The summed E-state index contributed by atoms with van der Waals surface area (Å²) in [4.78, 5) is 2.73. The van der Waals surface area contributed by atoms with Crippen LogP contribution in [0.4, 0.5) is 0 Å². The molecule has 2 nitrogen and oxygen atoms in total. The van der Waals surface area contributed by atoms with Gasteiger partial charge in [0.2, 0.25) is 0 Å². The van der Waals surface area contributed by atoms with Gasteiger partial charge in [-0.15, -0.1) is 34.0 Å². The average Bonchev–Trinajstić information content (AvgIpc) is 4.11. The van der Waals surface area contributed by atoms with Crippen LogP contribution < -0.4 is 9.47 Å². The molecule has 3 aromatic heterocycles. The third kappa shape index (κ3) is 18.3. The molecule has 0 fully saturated rings. The van der Waals surface area contributed by atoms with Gasteiger partial charge in [-0.1, -0.05) is 214 Å². The van der Waals surface area contributed by atoms with Crippen LogP contribution in [0.3, 0.4) is 0 Å². The van der Waals surface area contributed by atoms with E-state index in [1.54, 1.807) is 0 Å². The Bertz CT molecular complexity index is 1880. The number of rotatable bonds is 39. The molecule has 0 radical (unpaired) electrons. The van der Waals surface area contributed by atoms with Crippen molar-refractivity contribution in [2.45, 2.75) is 233 Å². The second-order valence-electron chi connectivity index (χ2n) is 19.3. The first-order valence-electron chi connectivity index (χ1n) is 26.9. The number of hydrogen-bond donors (Lipinski definition) is 0. The van der Waals surface area contributed by atoms with Crippen LogP contribution in [-0.2, 0) is 0 Å². The normalized spacial score (nSPS) is 12.9. The van der Waals surface area contributed by atoms with E-state index in [0.29, 0.717) is 11.8 Å². The number of unbranched alkanes of at least 4 members (excludes halogenated alkanes) is 24. The van der Waals surface area contributed by atoms with E-state index in [2.05, 4.69) is 74.9 Å². The van der Waals surface area contributed by atoms with Crippen LogP contribution in [0.15, 0.2) is 47.2 Å². The molecule has 0 saturated carbocycles. The maximum Gasteiger partial charge on any atom is 0.161 e. The van der Waals surface area contributed by atoms with E-state index in [0.717, 1.165) is 24.7 Å². The van der Waals surface area contributed by atoms with Crippen molar-refractivity contribution in [1.82, 2.24) is 0 Å². The van der Waals surface area contributed by atoms with Gasteiger partial charge in [-0.05, 0) is 89.4 Å². The van der Waals surface area contributed by atoms with Gasteiger partial charge in [-0.3, -0.25) is 0 Å². The lowest BCUT2D eigenvalue weighted by Gasteiger charge is -2.22. The van der Waals surface area contributed by atoms with Crippen molar-refractivity contribution in [1.29, 1.82) is 0 Å². The van der Waals surface area contributed by atoms with E-state index < -0.39 is 0 Å². The van der Waals surface area contributed by atoms with Gasteiger partial charge in [0.15, 0.2) is 11.5 Å². The largest absolute Gasteiger partial charge is 0.489 e. The number of fused-ring (bicyclic) bond motifs is 6. The summed E-state index contributed by atoms with van der Waals surface area (Å²) in [5, 5.41) is 9.85. The standard InChI is InChI=1S/C58H90O2S3/c1-5-9-13-17-21-23-27-31-36-47(34-29-25-19-15-11-7-3)45-59-53-42-50-49-39-41-62-57(49)58-52(44-56(63-58)55-38-33-40-61-55)51(50)43-54(53)60-46-48(35-30-26-20-16-12-8-4)37-32-28-24-22-18-14-10-6-2/h33,38-44,47-48H,5-32,34-37,45-46H2,1-4H3. The Morgan fingerprint density at radius 2 is 0.794 bits per heavy atom. The van der Waals surface area contributed by atoms with E-state index in [-0.39, 0.29) is 0 Å². The molecule has 5 aromatic rings. The first kappa shape index (κ1) is 51.9. The predicted octanol–water partition coefficient (Wildman–Crippen LogP) is 21.6. The Morgan fingerprint density at radius 1 is 0.381 bits per heavy atom. The maximum atomic E-state index is 7.15. The highest BCUT2D eigenvalue weighted by Gasteiger charge is 2.20. The van der Waals surface area contributed by atoms with Crippen molar-refractivity contribution in [2.75, 3.05) is 13.2 Å². The third-order valence-corrected chi connectivity index (χ3v) is 17.1. The smallest absolute Gasteiger partial charge is 0.161 e. The second kappa shape index (κ2) is 31.8. The van der Waals surface area contributed by atoms with Crippen LogP contribution in [-0.4, -0.2) is 13.2 Å². The molecular formula is C58H90O2S3. The average molecular weight is 916 g/mol. The van der Waals surface area contributed by atoms with Gasteiger partial charge < -0.3 is 9.47 Å². The van der Waals surface area contributed by atoms with Gasteiger partial charge >= 0.3 is 0 Å². The van der Waals surface area contributed by atoms with Crippen LogP contribution >= 0.6 is 34.0 Å². The fraction of sp³-hybridized carbons (Fsp3) is 0.690. The van der Waals surface area contributed by atoms with Crippen molar-refractivity contribution in [2.24, 2.45) is 11.8 Å². The molecule has 2 atom stereocenters. The Labute approximate surface area is 398 Å². The fourth-order valence-electron chi connectivity index (χ4n) is 9.83. The Morgan fingerprint density at radius 3 is 1.21 bits per heavy atom. The van der Waals surface area contributed by atoms with Crippen molar-refractivity contribution in [3.05, 3.63) is 47.2 Å². The molecule has 0 saturated heterocycles. The fourth-order valence-corrected chi connectivity index (χ4v) is 12.9. The molecule has 0 amide bonds. The van der Waals surface area contributed by atoms with Crippen molar-refractivity contribution >= 4 is 65.0 Å². The molecule has 0 N–H and O–H groups in total. The lowest BCUT2D eigenvalue weighted by molar-refractivity contribution is 0.192. The van der Waals surface area contributed by atoms with Gasteiger partial charge in [0.05, 0.1) is 22.6 Å². The number of ether oxygens (including phenoxy) is 2. The second-order valence-corrected chi connectivity index (χ2v) is 22.2. The van der Waals surface area contributed by atoms with Crippen molar-refractivity contribution in [3.63, 3.8) is 0 Å². The first-order chi connectivity index (χ1) is 31.2. The molecule has 5 heteroatoms. The van der Waals surface area contributed by atoms with Crippen LogP contribution in [0, 0.1) is 11.8 Å². The Balaban J connectivity index is 1.37. The minimum atomic E-state index is 0.591. The summed E-state index contributed by atoms with van der Waals surface area (Å²) in [5.74, 6) is 3.12. The molecule has 2 aromatic carbocycles. The molecule has 63 heavy (non-hydrogen) atoms. The van der Waals surface area contributed by atoms with E-state index >= 15 is 0 Å². The van der Waals surface area contributed by atoms with E-state index in [1.807, 2.05) is 34.0 Å². The summed E-state index contributed by atoms with van der Waals surface area (Å²) >= 11 is 5.69. The first-order valence-corrected chi connectivity index (χ1v) is 29.4. The SMILES string of the molecule is CCCCCCCCCCC(CCCCCCCC)COc1cc2c(cc1OCC(CCCCCCCC)CCCCCCCCCC)c1cc(-c3cccs3)sc1c1sccc21. The zero-order chi connectivity index (χ0) is 44.2. The zero-order valence-corrected chi connectivity index (χ0v) is 43.3. The van der Waals surface area contributed by atoms with Crippen LogP contribution in [0.25, 0.3) is 40.7 Å². The van der Waals surface area contributed by atoms with Gasteiger partial charge in [-0.2, -0.15) is 0 Å². The molecule has 5 rings (SSSR count). The number of hydrogen-bond acceptors (Lipinski definition) is 5. The quantitative estimate of drug-likeness (QED) is 0.0366. The van der Waals surface area contributed by atoms with Crippen LogP contribution in [0.5, 0.6) is 11.5 Å². The molecule has 2 unspecified atom stereocenters. The highest BCUT2D eigenvalue weighted by molar-refractivity contribution is 7.30. The van der Waals surface area contributed by atoms with Gasteiger partial charge in [-0.25, -0.2) is 0 Å². The van der Waals surface area contributed by atoms with E-state index in [4.69, 9.17) is 9.47 Å². The summed E-state index contributed by atoms with van der Waals surface area (Å²) in [6.45, 7) is 10.9. The molecular weight excluding hydrogens is 825 g/mol. The highest BCUT2D eigenvalue weighted by atomic mass is 32.1. The summed E-state index contributed by atoms with van der Waals surface area (Å²) in [6.07, 6.45) is 43.4. The molecule has 0 aliphatic heterocycles. The lowest BCUT2D eigenvalue weighted by Crippen LogP contribution is -2.15. The summed E-state index contributed by atoms with van der Waals surface area (Å²) in [5.41, 5.74) is 0. The summed E-state index contributed by atoms with van der Waals surface area (Å²) in [6, 6.07) is 14.1.